The number of ether oxygens (including phenoxy) is 5. The largest absolute Gasteiger partial charge is 0.463 e. The third kappa shape index (κ3) is 25.8. The van der Waals surface area contributed by atoms with Crippen LogP contribution in [0.15, 0.2) is 0 Å². The van der Waals surface area contributed by atoms with Gasteiger partial charge in [-0.3, -0.25) is 19.2 Å². The lowest BCUT2D eigenvalue weighted by molar-refractivity contribution is -0.259. The molecule has 10 heteroatoms. The van der Waals surface area contributed by atoms with Crippen molar-refractivity contribution in [2.24, 2.45) is 17.8 Å². The van der Waals surface area contributed by atoms with E-state index < -0.39 is 36.5 Å². The van der Waals surface area contributed by atoms with Crippen LogP contribution in [0.3, 0.4) is 0 Å². The van der Waals surface area contributed by atoms with Crippen LogP contribution < -0.4 is 5.32 Å². The van der Waals surface area contributed by atoms with Crippen LogP contribution in [0.4, 0.5) is 0 Å². The molecule has 5 unspecified atom stereocenters. The third-order valence-corrected chi connectivity index (χ3v) is 12.0. The zero-order valence-electron chi connectivity index (χ0n) is 37.9. The molecule has 0 aliphatic carbocycles. The summed E-state index contributed by atoms with van der Waals surface area (Å²) < 4.78 is 29.1. The SMILES string of the molecule is CCCCCCCCCCCCCCCCCCCCCCCCCC(=O)N[C@@H](COC1OC(COC(C)=O)C(C)C(C)C1C)[C@H](OC(C)=O)[C@@H](CC)OC(C)=O. The Bertz CT molecular complexity index is 1050. The second-order valence-electron chi connectivity index (χ2n) is 17.1. The summed E-state index contributed by atoms with van der Waals surface area (Å²) in [6, 6.07) is -0.785. The molecule has 0 saturated carbocycles. The number of amides is 1. The molecule has 0 aromatic rings. The molecule has 8 atom stereocenters. The highest BCUT2D eigenvalue weighted by Gasteiger charge is 2.42. The van der Waals surface area contributed by atoms with Gasteiger partial charge in [0.1, 0.15) is 12.7 Å². The predicted molar refractivity (Wildman–Crippen MR) is 229 cm³/mol. The fraction of sp³-hybridized carbons (Fsp3) is 0.915. The van der Waals surface area contributed by atoms with Crippen molar-refractivity contribution >= 4 is 23.8 Å². The fourth-order valence-corrected chi connectivity index (χ4v) is 8.04. The van der Waals surface area contributed by atoms with Crippen LogP contribution >= 0.6 is 0 Å². The van der Waals surface area contributed by atoms with E-state index in [1.165, 1.54) is 149 Å². The lowest BCUT2D eigenvalue weighted by Crippen LogP contribution is -2.55. The average Bonchev–Trinajstić information content (AvgIpc) is 3.17. The maximum atomic E-state index is 13.3. The number of carbonyl (C=O) groups is 4. The number of esters is 3. The van der Waals surface area contributed by atoms with Gasteiger partial charge < -0.3 is 29.0 Å². The van der Waals surface area contributed by atoms with Gasteiger partial charge in [0.05, 0.1) is 18.8 Å². The summed E-state index contributed by atoms with van der Waals surface area (Å²) in [6.45, 7) is 14.4. The van der Waals surface area contributed by atoms with Gasteiger partial charge in [-0.15, -0.1) is 0 Å². The van der Waals surface area contributed by atoms with Gasteiger partial charge in [-0.25, -0.2) is 0 Å². The molecule has 10 nitrogen and oxygen atoms in total. The van der Waals surface area contributed by atoms with Crippen LogP contribution in [0.5, 0.6) is 0 Å². The summed E-state index contributed by atoms with van der Waals surface area (Å²) in [6.07, 6.45) is 28.3. The van der Waals surface area contributed by atoms with Crippen LogP contribution in [-0.4, -0.2) is 67.7 Å². The van der Waals surface area contributed by atoms with Gasteiger partial charge in [0, 0.05) is 33.1 Å². The van der Waals surface area contributed by atoms with Gasteiger partial charge in [0.2, 0.25) is 5.91 Å². The molecule has 1 N–H and O–H groups in total. The van der Waals surface area contributed by atoms with Gasteiger partial charge in [0.15, 0.2) is 12.4 Å². The van der Waals surface area contributed by atoms with Crippen molar-refractivity contribution in [3.63, 3.8) is 0 Å². The number of nitrogens with one attached hydrogen (secondary N) is 1. The van der Waals surface area contributed by atoms with E-state index in [1.807, 2.05) is 13.8 Å². The summed E-state index contributed by atoms with van der Waals surface area (Å²) in [5, 5.41) is 3.04. The van der Waals surface area contributed by atoms with E-state index in [9.17, 15) is 19.2 Å². The predicted octanol–water partition coefficient (Wildman–Crippen LogP) is 11.3. The summed E-state index contributed by atoms with van der Waals surface area (Å²) in [5.41, 5.74) is 0. The summed E-state index contributed by atoms with van der Waals surface area (Å²) >= 11 is 0. The van der Waals surface area contributed by atoms with Gasteiger partial charge in [-0.2, -0.15) is 0 Å². The first-order valence-corrected chi connectivity index (χ1v) is 23.4. The molecule has 0 radical (unpaired) electrons. The fourth-order valence-electron chi connectivity index (χ4n) is 8.04. The Morgan fingerprint density at radius 3 is 1.40 bits per heavy atom. The van der Waals surface area contributed by atoms with E-state index in [0.717, 1.165) is 19.3 Å². The average molecular weight is 810 g/mol. The van der Waals surface area contributed by atoms with Gasteiger partial charge in [-0.1, -0.05) is 176 Å². The molecule has 1 saturated heterocycles. The first-order chi connectivity index (χ1) is 27.4. The van der Waals surface area contributed by atoms with Gasteiger partial charge in [-0.05, 0) is 24.7 Å². The maximum absolute atomic E-state index is 13.3. The van der Waals surface area contributed by atoms with Gasteiger partial charge >= 0.3 is 17.9 Å². The quantitative estimate of drug-likeness (QED) is 0.0378. The van der Waals surface area contributed by atoms with E-state index in [0.29, 0.717) is 12.8 Å². The molecule has 0 aromatic carbocycles. The van der Waals surface area contributed by atoms with Crippen molar-refractivity contribution in [2.45, 2.75) is 247 Å². The Morgan fingerprint density at radius 1 is 0.561 bits per heavy atom. The normalized spacial score (nSPS) is 21.0. The molecular weight excluding hydrogens is 723 g/mol. The molecule has 334 valence electrons. The smallest absolute Gasteiger partial charge is 0.303 e. The van der Waals surface area contributed by atoms with Crippen molar-refractivity contribution in [1.82, 2.24) is 5.32 Å². The Balaban J connectivity index is 2.42. The van der Waals surface area contributed by atoms with Crippen LogP contribution in [0.2, 0.25) is 0 Å². The van der Waals surface area contributed by atoms with Crippen molar-refractivity contribution < 1.29 is 42.9 Å². The van der Waals surface area contributed by atoms with E-state index in [-0.39, 0.29) is 48.9 Å². The molecule has 1 aliphatic heterocycles. The molecule has 1 amide bonds. The standard InChI is InChI=1S/C47H87NO9/c1-9-11-12-13-14-15-16-17-18-19-20-21-22-23-24-25-26-27-28-29-30-31-32-33-45(52)48-42(46(56-41(8)51)43(10-2)55-40(7)50)34-54-47-38(5)36(3)37(4)44(57-47)35-53-39(6)49/h36-38,42-44,46-47H,9-35H2,1-8H3,(H,48,52)/t36?,37?,38?,42-,43+,44?,46-,47?/m0/s1. The van der Waals surface area contributed by atoms with Crippen LogP contribution in [0.25, 0.3) is 0 Å². The molecule has 0 bridgehead atoms. The summed E-state index contributed by atoms with van der Waals surface area (Å²) in [4.78, 5) is 49.1. The molecule has 1 aliphatic rings. The van der Waals surface area contributed by atoms with Gasteiger partial charge in [0.25, 0.3) is 0 Å². The number of unbranched alkanes of at least 4 members (excludes halogenated alkanes) is 22. The first kappa shape index (κ1) is 52.8. The molecule has 1 heterocycles. The molecule has 0 aromatic heterocycles. The molecule has 0 spiro atoms. The highest BCUT2D eigenvalue weighted by molar-refractivity contribution is 5.76. The van der Waals surface area contributed by atoms with Crippen LogP contribution in [0.1, 0.15) is 216 Å². The zero-order chi connectivity index (χ0) is 42.3. The monoisotopic (exact) mass is 810 g/mol. The lowest BCUT2D eigenvalue weighted by Gasteiger charge is -2.43. The highest BCUT2D eigenvalue weighted by atomic mass is 16.7. The Labute approximate surface area is 348 Å². The number of hydrogen-bond acceptors (Lipinski definition) is 9. The van der Waals surface area contributed by atoms with Crippen molar-refractivity contribution in [3.05, 3.63) is 0 Å². The lowest BCUT2D eigenvalue weighted by atomic mass is 9.79. The van der Waals surface area contributed by atoms with E-state index in [4.69, 9.17) is 23.7 Å². The molecule has 1 rings (SSSR count). The molecular formula is C47H87NO9. The molecule has 1 fully saturated rings. The third-order valence-electron chi connectivity index (χ3n) is 12.0. The second kappa shape index (κ2) is 33.6. The maximum Gasteiger partial charge on any atom is 0.303 e. The minimum absolute atomic E-state index is 0.00136. The number of carbonyl (C=O) groups excluding carboxylic acids is 4. The Hall–Kier alpha value is -2.20. The molecule has 57 heavy (non-hydrogen) atoms. The topological polar surface area (TPSA) is 126 Å². The Morgan fingerprint density at radius 2 is 1.00 bits per heavy atom. The zero-order valence-corrected chi connectivity index (χ0v) is 37.9. The van der Waals surface area contributed by atoms with Crippen molar-refractivity contribution in [1.29, 1.82) is 0 Å². The summed E-state index contributed by atoms with van der Waals surface area (Å²) in [7, 11) is 0. The highest BCUT2D eigenvalue weighted by Crippen LogP contribution is 2.36. The minimum Gasteiger partial charge on any atom is -0.463 e. The summed E-state index contributed by atoms with van der Waals surface area (Å²) in [5.74, 6) is -1.28. The minimum atomic E-state index is -0.957. The number of hydrogen-bond donors (Lipinski definition) is 1. The van der Waals surface area contributed by atoms with E-state index >= 15 is 0 Å². The van der Waals surface area contributed by atoms with E-state index in [1.54, 1.807) is 0 Å². The Kier molecular flexibility index (Phi) is 31.1. The van der Waals surface area contributed by atoms with Crippen LogP contribution in [-0.2, 0) is 42.9 Å². The van der Waals surface area contributed by atoms with Crippen molar-refractivity contribution in [3.8, 4) is 0 Å². The van der Waals surface area contributed by atoms with Crippen LogP contribution in [0, 0.1) is 17.8 Å². The number of rotatable bonds is 35. The first-order valence-electron chi connectivity index (χ1n) is 23.4. The second-order valence-corrected chi connectivity index (χ2v) is 17.1. The van der Waals surface area contributed by atoms with Crippen molar-refractivity contribution in [2.75, 3.05) is 13.2 Å². The van der Waals surface area contributed by atoms with E-state index in [2.05, 4.69) is 26.1 Å².